The fourth-order valence-electron chi connectivity index (χ4n) is 2.73. The molecule has 2 amide bonds. The van der Waals surface area contributed by atoms with Crippen molar-refractivity contribution < 1.29 is 14.7 Å². The fourth-order valence-corrected chi connectivity index (χ4v) is 2.85. The van der Waals surface area contributed by atoms with Crippen LogP contribution in [0.3, 0.4) is 0 Å². The largest absolute Gasteiger partial charge is 0.481 e. The van der Waals surface area contributed by atoms with E-state index in [1.807, 2.05) is 24.3 Å². The van der Waals surface area contributed by atoms with Crippen LogP contribution in [0.1, 0.15) is 37.7 Å². The molecular weight excluding hydrogens is 304 g/mol. The number of carbonyl (C=O) groups is 2. The molecule has 3 N–H and O–H groups in total. The fraction of sp³-hybridized carbons (Fsp3) is 0.500. The molecule has 0 aromatic heterocycles. The number of halogens is 1. The third-order valence-electron chi connectivity index (χ3n) is 4.21. The second-order valence-electron chi connectivity index (χ2n) is 5.75. The van der Waals surface area contributed by atoms with Gasteiger partial charge in [-0.25, -0.2) is 4.79 Å². The predicted octanol–water partition coefficient (Wildman–Crippen LogP) is 2.93. The van der Waals surface area contributed by atoms with Gasteiger partial charge < -0.3 is 15.7 Å². The van der Waals surface area contributed by atoms with E-state index in [1.54, 1.807) is 0 Å². The van der Waals surface area contributed by atoms with Crippen LogP contribution in [-0.2, 0) is 10.2 Å². The molecular formula is C16H21ClN2O3. The maximum atomic E-state index is 11.8. The van der Waals surface area contributed by atoms with Crippen molar-refractivity contribution in [1.29, 1.82) is 0 Å². The first-order valence-electron chi connectivity index (χ1n) is 7.51. The van der Waals surface area contributed by atoms with E-state index in [-0.39, 0.29) is 17.9 Å². The normalized spacial score (nSPS) is 15.7. The number of rotatable bonds is 7. The number of hydrogen-bond acceptors (Lipinski definition) is 2. The molecule has 1 saturated carbocycles. The Kier molecular flexibility index (Phi) is 5.66. The van der Waals surface area contributed by atoms with Crippen molar-refractivity contribution in [2.24, 2.45) is 0 Å². The minimum Gasteiger partial charge on any atom is -0.481 e. The van der Waals surface area contributed by atoms with Crippen molar-refractivity contribution in [1.82, 2.24) is 10.6 Å². The number of carboxylic acid groups (broad SMARTS) is 1. The molecule has 2 rings (SSSR count). The van der Waals surface area contributed by atoms with Crippen molar-refractivity contribution in [3.63, 3.8) is 0 Å². The lowest BCUT2D eigenvalue weighted by Crippen LogP contribution is -2.48. The lowest BCUT2D eigenvalue weighted by Gasteiger charge is -2.42. The average Bonchev–Trinajstić information content (AvgIpc) is 2.44. The van der Waals surface area contributed by atoms with Gasteiger partial charge in [0, 0.05) is 29.9 Å². The molecule has 1 aliphatic carbocycles. The second kappa shape index (κ2) is 7.49. The van der Waals surface area contributed by atoms with Gasteiger partial charge in [0.15, 0.2) is 0 Å². The second-order valence-corrected chi connectivity index (χ2v) is 6.18. The molecule has 0 heterocycles. The van der Waals surface area contributed by atoms with E-state index >= 15 is 0 Å². The molecule has 0 radical (unpaired) electrons. The van der Waals surface area contributed by atoms with Crippen molar-refractivity contribution in [3.8, 4) is 0 Å². The molecule has 1 aromatic carbocycles. The molecule has 1 aliphatic rings. The summed E-state index contributed by atoms with van der Waals surface area (Å²) in [5.74, 6) is -0.849. The molecule has 1 fully saturated rings. The predicted molar refractivity (Wildman–Crippen MR) is 85.3 cm³/mol. The Labute approximate surface area is 135 Å². The number of nitrogens with one attached hydrogen (secondary N) is 2. The molecule has 0 bridgehead atoms. The Morgan fingerprint density at radius 3 is 2.41 bits per heavy atom. The summed E-state index contributed by atoms with van der Waals surface area (Å²) in [6.07, 6.45) is 3.76. The summed E-state index contributed by atoms with van der Waals surface area (Å²) in [6, 6.07) is 7.55. The first kappa shape index (κ1) is 16.6. The molecule has 22 heavy (non-hydrogen) atoms. The SMILES string of the molecule is O=C(O)CCCNC(=O)NCC1(c2ccc(Cl)cc2)CCC1. The van der Waals surface area contributed by atoms with Gasteiger partial charge in [-0.3, -0.25) is 4.79 Å². The number of hydrogen-bond donors (Lipinski definition) is 3. The van der Waals surface area contributed by atoms with Crippen molar-refractivity contribution in [2.45, 2.75) is 37.5 Å². The van der Waals surface area contributed by atoms with E-state index in [0.29, 0.717) is 24.5 Å². The van der Waals surface area contributed by atoms with Crippen LogP contribution < -0.4 is 10.6 Å². The van der Waals surface area contributed by atoms with E-state index < -0.39 is 5.97 Å². The lowest BCUT2D eigenvalue weighted by atomic mass is 9.64. The number of carboxylic acids is 1. The van der Waals surface area contributed by atoms with E-state index in [2.05, 4.69) is 10.6 Å². The van der Waals surface area contributed by atoms with Gasteiger partial charge in [-0.05, 0) is 37.0 Å². The van der Waals surface area contributed by atoms with Crippen LogP contribution in [0.4, 0.5) is 4.79 Å². The van der Waals surface area contributed by atoms with E-state index in [0.717, 1.165) is 19.3 Å². The highest BCUT2D eigenvalue weighted by molar-refractivity contribution is 6.30. The minimum atomic E-state index is -0.849. The summed E-state index contributed by atoms with van der Waals surface area (Å²) in [4.78, 5) is 22.2. The lowest BCUT2D eigenvalue weighted by molar-refractivity contribution is -0.137. The smallest absolute Gasteiger partial charge is 0.314 e. The molecule has 0 saturated heterocycles. The van der Waals surface area contributed by atoms with Crippen LogP contribution in [0.25, 0.3) is 0 Å². The van der Waals surface area contributed by atoms with Crippen molar-refractivity contribution in [3.05, 3.63) is 34.9 Å². The third kappa shape index (κ3) is 4.37. The van der Waals surface area contributed by atoms with Crippen LogP contribution in [0.15, 0.2) is 24.3 Å². The summed E-state index contributed by atoms with van der Waals surface area (Å²) >= 11 is 5.92. The van der Waals surface area contributed by atoms with E-state index in [9.17, 15) is 9.59 Å². The Hall–Kier alpha value is -1.75. The molecule has 6 heteroatoms. The van der Waals surface area contributed by atoms with Crippen LogP contribution in [0, 0.1) is 0 Å². The van der Waals surface area contributed by atoms with Gasteiger partial charge >= 0.3 is 12.0 Å². The molecule has 0 aliphatic heterocycles. The molecule has 0 unspecified atom stereocenters. The van der Waals surface area contributed by atoms with Crippen LogP contribution in [0.5, 0.6) is 0 Å². The first-order chi connectivity index (χ1) is 10.5. The molecule has 1 aromatic rings. The first-order valence-corrected chi connectivity index (χ1v) is 7.89. The highest BCUT2D eigenvalue weighted by atomic mass is 35.5. The zero-order valence-electron chi connectivity index (χ0n) is 12.4. The minimum absolute atomic E-state index is 0.00297. The number of benzene rings is 1. The quantitative estimate of drug-likeness (QED) is 0.675. The van der Waals surface area contributed by atoms with E-state index in [4.69, 9.17) is 16.7 Å². The zero-order chi connectivity index (χ0) is 16.0. The summed E-state index contributed by atoms with van der Waals surface area (Å²) < 4.78 is 0. The number of aliphatic carboxylic acids is 1. The van der Waals surface area contributed by atoms with Gasteiger partial charge in [-0.1, -0.05) is 30.2 Å². The van der Waals surface area contributed by atoms with Gasteiger partial charge in [-0.2, -0.15) is 0 Å². The Morgan fingerprint density at radius 1 is 1.18 bits per heavy atom. The molecule has 0 spiro atoms. The highest BCUT2D eigenvalue weighted by Crippen LogP contribution is 2.43. The molecule has 120 valence electrons. The van der Waals surface area contributed by atoms with Crippen molar-refractivity contribution >= 4 is 23.6 Å². The third-order valence-corrected chi connectivity index (χ3v) is 4.46. The highest BCUT2D eigenvalue weighted by Gasteiger charge is 2.38. The molecule has 0 atom stereocenters. The van der Waals surface area contributed by atoms with Gasteiger partial charge in [0.2, 0.25) is 0 Å². The topological polar surface area (TPSA) is 78.4 Å². The number of urea groups is 1. The molecule has 5 nitrogen and oxygen atoms in total. The summed E-state index contributed by atoms with van der Waals surface area (Å²) in [5, 5.41) is 14.8. The maximum absolute atomic E-state index is 11.8. The van der Waals surface area contributed by atoms with Gasteiger partial charge in [0.1, 0.15) is 0 Å². The monoisotopic (exact) mass is 324 g/mol. The summed E-state index contributed by atoms with van der Waals surface area (Å²) in [7, 11) is 0. The number of amides is 2. The summed E-state index contributed by atoms with van der Waals surface area (Å²) in [6.45, 7) is 0.950. The Bertz CT molecular complexity index is 527. The van der Waals surface area contributed by atoms with E-state index in [1.165, 1.54) is 5.56 Å². The maximum Gasteiger partial charge on any atom is 0.314 e. The van der Waals surface area contributed by atoms with Gasteiger partial charge in [0.05, 0.1) is 0 Å². The van der Waals surface area contributed by atoms with Crippen molar-refractivity contribution in [2.75, 3.05) is 13.1 Å². The average molecular weight is 325 g/mol. The van der Waals surface area contributed by atoms with Crippen LogP contribution in [0.2, 0.25) is 5.02 Å². The van der Waals surface area contributed by atoms with Gasteiger partial charge in [0.25, 0.3) is 0 Å². The van der Waals surface area contributed by atoms with Crippen LogP contribution in [-0.4, -0.2) is 30.2 Å². The standard InChI is InChI=1S/C16H21ClN2O3/c17-13-6-4-12(5-7-13)16(8-2-9-16)11-19-15(22)18-10-1-3-14(20)21/h4-7H,1-3,8-11H2,(H,20,21)(H2,18,19,22). The Morgan fingerprint density at radius 2 is 1.86 bits per heavy atom. The van der Waals surface area contributed by atoms with Gasteiger partial charge in [-0.15, -0.1) is 0 Å². The summed E-state index contributed by atoms with van der Waals surface area (Å²) in [5.41, 5.74) is 1.21. The number of carbonyl (C=O) groups excluding carboxylic acids is 1. The van der Waals surface area contributed by atoms with Crippen LogP contribution >= 0.6 is 11.6 Å². The zero-order valence-corrected chi connectivity index (χ0v) is 13.2. The Balaban J connectivity index is 1.80.